The number of carbonyl (C=O) groups is 1. The minimum absolute atomic E-state index is 0.323. The summed E-state index contributed by atoms with van der Waals surface area (Å²) in [5.74, 6) is 0.741. The van der Waals surface area contributed by atoms with Crippen molar-refractivity contribution in [2.75, 3.05) is 13.1 Å². The first-order valence-corrected chi connectivity index (χ1v) is 6.45. The van der Waals surface area contributed by atoms with Crippen molar-refractivity contribution >= 4 is 5.78 Å². The summed E-state index contributed by atoms with van der Waals surface area (Å²) in [5.41, 5.74) is 0. The van der Waals surface area contributed by atoms with Crippen LogP contribution >= 0.6 is 0 Å². The first-order chi connectivity index (χ1) is 7.81. The summed E-state index contributed by atoms with van der Waals surface area (Å²) < 4.78 is 0. The molecule has 3 heteroatoms. The van der Waals surface area contributed by atoms with E-state index in [1.165, 1.54) is 25.7 Å². The first kappa shape index (κ1) is 11.6. The van der Waals surface area contributed by atoms with Crippen LogP contribution < -0.4 is 0 Å². The Bertz CT molecular complexity index is 285. The predicted molar refractivity (Wildman–Crippen MR) is 61.8 cm³/mol. The smallest absolute Gasteiger partial charge is 0.149 e. The molecule has 0 bridgehead atoms. The number of ketones is 1. The Morgan fingerprint density at radius 2 is 1.94 bits per heavy atom. The molecule has 2 aliphatic carbocycles. The van der Waals surface area contributed by atoms with Gasteiger partial charge in [-0.25, -0.2) is 0 Å². The largest absolute Gasteiger partial charge is 0.298 e. The number of nitriles is 1. The molecule has 2 saturated carbocycles. The van der Waals surface area contributed by atoms with Crippen LogP contribution in [0.1, 0.15) is 44.9 Å². The van der Waals surface area contributed by atoms with Crippen LogP contribution in [0.3, 0.4) is 0 Å². The highest BCUT2D eigenvalue weighted by Crippen LogP contribution is 2.29. The number of carbonyl (C=O) groups excluding carboxylic acids is 1. The molecule has 0 spiro atoms. The Morgan fingerprint density at radius 3 is 2.50 bits per heavy atom. The zero-order valence-electron chi connectivity index (χ0n) is 9.82. The Kier molecular flexibility index (Phi) is 3.95. The molecule has 16 heavy (non-hydrogen) atoms. The maximum Gasteiger partial charge on any atom is 0.149 e. The highest BCUT2D eigenvalue weighted by molar-refractivity contribution is 5.83. The van der Waals surface area contributed by atoms with Gasteiger partial charge in [0.2, 0.25) is 0 Å². The van der Waals surface area contributed by atoms with Crippen LogP contribution in [0.4, 0.5) is 0 Å². The van der Waals surface area contributed by atoms with Gasteiger partial charge in [0.1, 0.15) is 5.78 Å². The van der Waals surface area contributed by atoms with Crippen molar-refractivity contribution in [3.8, 4) is 6.07 Å². The third-order valence-corrected chi connectivity index (χ3v) is 3.74. The fourth-order valence-corrected chi connectivity index (χ4v) is 2.60. The molecule has 2 rings (SSSR count). The topological polar surface area (TPSA) is 44.1 Å². The zero-order valence-corrected chi connectivity index (χ0v) is 9.82. The van der Waals surface area contributed by atoms with Crippen LogP contribution in [0, 0.1) is 17.2 Å². The summed E-state index contributed by atoms with van der Waals surface area (Å²) in [7, 11) is 0. The van der Waals surface area contributed by atoms with Crippen molar-refractivity contribution in [1.29, 1.82) is 5.26 Å². The Labute approximate surface area is 97.4 Å². The molecular weight excluding hydrogens is 200 g/mol. The maximum absolute atomic E-state index is 12.0. The van der Waals surface area contributed by atoms with Gasteiger partial charge in [0, 0.05) is 24.9 Å². The third kappa shape index (κ3) is 3.05. The molecule has 0 atom stereocenters. The van der Waals surface area contributed by atoms with E-state index in [1.807, 2.05) is 0 Å². The summed E-state index contributed by atoms with van der Waals surface area (Å²) in [5, 5.41) is 8.60. The fourth-order valence-electron chi connectivity index (χ4n) is 2.60. The molecular formula is C13H20N2O. The number of rotatable bonds is 6. The van der Waals surface area contributed by atoms with Crippen molar-refractivity contribution in [3.63, 3.8) is 0 Å². The van der Waals surface area contributed by atoms with Crippen LogP contribution in [0.2, 0.25) is 0 Å². The maximum atomic E-state index is 12.0. The van der Waals surface area contributed by atoms with Gasteiger partial charge >= 0.3 is 0 Å². The van der Waals surface area contributed by atoms with E-state index in [9.17, 15) is 4.79 Å². The molecule has 0 aliphatic heterocycles. The second-order valence-electron chi connectivity index (χ2n) is 5.06. The van der Waals surface area contributed by atoms with Crippen molar-refractivity contribution in [2.24, 2.45) is 5.92 Å². The lowest BCUT2D eigenvalue weighted by Crippen LogP contribution is -2.35. The summed E-state index contributed by atoms with van der Waals surface area (Å²) in [6, 6.07) is 2.77. The quantitative estimate of drug-likeness (QED) is 0.688. The highest BCUT2D eigenvalue weighted by atomic mass is 16.1. The Balaban J connectivity index is 1.79. The van der Waals surface area contributed by atoms with E-state index in [-0.39, 0.29) is 0 Å². The van der Waals surface area contributed by atoms with E-state index in [4.69, 9.17) is 5.26 Å². The van der Waals surface area contributed by atoms with Gasteiger partial charge in [0.15, 0.2) is 0 Å². The molecule has 0 aromatic rings. The van der Waals surface area contributed by atoms with Crippen LogP contribution in [-0.4, -0.2) is 29.8 Å². The number of Topliss-reactive ketones (excluding diaryl/α,β-unsaturated/α-hetero) is 1. The molecule has 0 amide bonds. The predicted octanol–water partition coefficient (Wildman–Crippen LogP) is 2.12. The lowest BCUT2D eigenvalue weighted by molar-refractivity contribution is -0.124. The number of hydrogen-bond donors (Lipinski definition) is 0. The van der Waals surface area contributed by atoms with Crippen LogP contribution in [0.25, 0.3) is 0 Å². The zero-order chi connectivity index (χ0) is 11.4. The van der Waals surface area contributed by atoms with Gasteiger partial charge in [0.05, 0.1) is 12.6 Å². The van der Waals surface area contributed by atoms with Gasteiger partial charge in [-0.05, 0) is 25.7 Å². The third-order valence-electron chi connectivity index (χ3n) is 3.74. The molecule has 0 aromatic carbocycles. The van der Waals surface area contributed by atoms with Gasteiger partial charge in [-0.2, -0.15) is 5.26 Å². The van der Waals surface area contributed by atoms with Crippen LogP contribution in [0.15, 0.2) is 0 Å². The molecule has 0 heterocycles. The van der Waals surface area contributed by atoms with Crippen molar-refractivity contribution in [1.82, 2.24) is 4.90 Å². The number of nitrogens with zero attached hydrogens (tertiary/aromatic N) is 2. The highest BCUT2D eigenvalue weighted by Gasteiger charge is 2.32. The molecule has 0 saturated heterocycles. The van der Waals surface area contributed by atoms with E-state index < -0.39 is 0 Å². The SMILES string of the molecule is N#CCCN(CC(=O)C1CCCC1)C1CC1. The number of hydrogen-bond acceptors (Lipinski definition) is 3. The van der Waals surface area contributed by atoms with Gasteiger partial charge in [-0.15, -0.1) is 0 Å². The molecule has 3 nitrogen and oxygen atoms in total. The second kappa shape index (κ2) is 5.45. The molecule has 0 radical (unpaired) electrons. The summed E-state index contributed by atoms with van der Waals surface area (Å²) in [6.07, 6.45) is 7.60. The molecule has 0 N–H and O–H groups in total. The van der Waals surface area contributed by atoms with Crippen LogP contribution in [0.5, 0.6) is 0 Å². The average Bonchev–Trinajstić information content (AvgIpc) is 2.98. The van der Waals surface area contributed by atoms with Crippen molar-refractivity contribution < 1.29 is 4.79 Å². The second-order valence-corrected chi connectivity index (χ2v) is 5.06. The average molecular weight is 220 g/mol. The molecule has 0 aromatic heterocycles. The monoisotopic (exact) mass is 220 g/mol. The standard InChI is InChI=1S/C13H20N2O/c14-8-3-9-15(12-6-7-12)10-13(16)11-4-1-2-5-11/h11-12H,1-7,9-10H2. The van der Waals surface area contributed by atoms with E-state index in [0.29, 0.717) is 30.7 Å². The summed E-state index contributed by atoms with van der Waals surface area (Å²) in [6.45, 7) is 1.37. The summed E-state index contributed by atoms with van der Waals surface area (Å²) >= 11 is 0. The fraction of sp³-hybridized carbons (Fsp3) is 0.846. The van der Waals surface area contributed by atoms with Crippen molar-refractivity contribution in [2.45, 2.75) is 51.0 Å². The molecule has 2 fully saturated rings. The van der Waals surface area contributed by atoms with Gasteiger partial charge in [0.25, 0.3) is 0 Å². The lowest BCUT2D eigenvalue weighted by atomic mass is 10.0. The minimum Gasteiger partial charge on any atom is -0.298 e. The van der Waals surface area contributed by atoms with Crippen LogP contribution in [-0.2, 0) is 4.79 Å². The van der Waals surface area contributed by atoms with Crippen molar-refractivity contribution in [3.05, 3.63) is 0 Å². The molecule has 2 aliphatic rings. The van der Waals surface area contributed by atoms with E-state index in [2.05, 4.69) is 11.0 Å². The van der Waals surface area contributed by atoms with E-state index in [0.717, 1.165) is 19.4 Å². The van der Waals surface area contributed by atoms with E-state index >= 15 is 0 Å². The van der Waals surface area contributed by atoms with Gasteiger partial charge in [-0.3, -0.25) is 9.69 Å². The normalized spacial score (nSPS) is 21.2. The lowest BCUT2D eigenvalue weighted by Gasteiger charge is -2.21. The van der Waals surface area contributed by atoms with Gasteiger partial charge < -0.3 is 0 Å². The molecule has 88 valence electrons. The Morgan fingerprint density at radius 1 is 1.25 bits per heavy atom. The summed E-state index contributed by atoms with van der Waals surface area (Å²) in [4.78, 5) is 14.3. The minimum atomic E-state index is 0.323. The van der Waals surface area contributed by atoms with E-state index in [1.54, 1.807) is 0 Å². The molecule has 0 unspecified atom stereocenters. The first-order valence-electron chi connectivity index (χ1n) is 6.45. The van der Waals surface area contributed by atoms with Gasteiger partial charge in [-0.1, -0.05) is 12.8 Å². The Hall–Kier alpha value is -0.880.